The van der Waals surface area contributed by atoms with Crippen LogP contribution in [0.1, 0.15) is 25.2 Å². The number of rotatable bonds is 7. The molecule has 0 aliphatic heterocycles. The van der Waals surface area contributed by atoms with Gasteiger partial charge in [-0.1, -0.05) is 6.92 Å². The highest BCUT2D eigenvalue weighted by molar-refractivity contribution is 5.12. The van der Waals surface area contributed by atoms with Crippen LogP contribution in [0.5, 0.6) is 0 Å². The maximum absolute atomic E-state index is 4.46. The number of nitrogens with zero attached hydrogens (tertiary/aromatic N) is 3. The zero-order chi connectivity index (χ0) is 13.5. The molecule has 0 spiro atoms. The van der Waals surface area contributed by atoms with Crippen LogP contribution >= 0.6 is 0 Å². The first-order valence-electron chi connectivity index (χ1n) is 6.95. The van der Waals surface area contributed by atoms with E-state index in [1.165, 1.54) is 5.56 Å². The number of aromatic nitrogens is 3. The Morgan fingerprint density at radius 2 is 1.95 bits per heavy atom. The van der Waals surface area contributed by atoms with E-state index in [-0.39, 0.29) is 0 Å². The van der Waals surface area contributed by atoms with Crippen LogP contribution in [0.4, 0.5) is 0 Å². The van der Waals surface area contributed by atoms with Crippen molar-refractivity contribution >= 4 is 0 Å². The van der Waals surface area contributed by atoms with Gasteiger partial charge in [-0.15, -0.1) is 0 Å². The van der Waals surface area contributed by atoms with Gasteiger partial charge in [-0.25, -0.2) is 4.98 Å². The molecule has 0 fully saturated rings. The molecule has 1 unspecified atom stereocenters. The molecule has 0 saturated carbocycles. The molecule has 0 bridgehead atoms. The van der Waals surface area contributed by atoms with Crippen LogP contribution in [0.15, 0.2) is 36.9 Å². The number of hydrogen-bond acceptors (Lipinski definition) is 3. The van der Waals surface area contributed by atoms with Gasteiger partial charge < -0.3 is 9.88 Å². The molecule has 0 aromatic carbocycles. The SMILES string of the molecule is CCNC(Cc1ccncc1)Cc1nccn1CC. The van der Waals surface area contributed by atoms with Gasteiger partial charge in [-0.05, 0) is 37.6 Å². The Morgan fingerprint density at radius 1 is 1.16 bits per heavy atom. The van der Waals surface area contributed by atoms with Gasteiger partial charge in [0.1, 0.15) is 5.82 Å². The van der Waals surface area contributed by atoms with Crippen LogP contribution in [0.3, 0.4) is 0 Å². The lowest BCUT2D eigenvalue weighted by Gasteiger charge is -2.18. The lowest BCUT2D eigenvalue weighted by molar-refractivity contribution is 0.499. The first kappa shape index (κ1) is 13.7. The van der Waals surface area contributed by atoms with Crippen LogP contribution in [-0.2, 0) is 19.4 Å². The smallest absolute Gasteiger partial charge is 0.110 e. The molecule has 0 saturated heterocycles. The lowest BCUT2D eigenvalue weighted by Crippen LogP contribution is -2.34. The summed E-state index contributed by atoms with van der Waals surface area (Å²) in [5, 5.41) is 3.55. The predicted octanol–water partition coefficient (Wildman–Crippen LogP) is 2.06. The maximum Gasteiger partial charge on any atom is 0.110 e. The van der Waals surface area contributed by atoms with E-state index in [9.17, 15) is 0 Å². The molecule has 2 aromatic heterocycles. The van der Waals surface area contributed by atoms with Gasteiger partial charge in [0.25, 0.3) is 0 Å². The highest BCUT2D eigenvalue weighted by Crippen LogP contribution is 2.08. The molecule has 0 aliphatic carbocycles. The third-order valence-electron chi connectivity index (χ3n) is 3.30. The van der Waals surface area contributed by atoms with Crippen molar-refractivity contribution in [1.29, 1.82) is 0 Å². The Labute approximate surface area is 114 Å². The van der Waals surface area contributed by atoms with Crippen LogP contribution in [0, 0.1) is 0 Å². The maximum atomic E-state index is 4.46. The zero-order valence-electron chi connectivity index (χ0n) is 11.7. The molecular weight excluding hydrogens is 236 g/mol. The normalized spacial score (nSPS) is 12.5. The standard InChI is InChI=1S/C15H22N4/c1-3-17-14(11-13-5-7-16-8-6-13)12-15-18-9-10-19(15)4-2/h5-10,14,17H,3-4,11-12H2,1-2H3. The minimum atomic E-state index is 0.417. The monoisotopic (exact) mass is 258 g/mol. The van der Waals surface area contributed by atoms with Crippen LogP contribution < -0.4 is 5.32 Å². The summed E-state index contributed by atoms with van der Waals surface area (Å²) in [6.45, 7) is 6.24. The van der Waals surface area contributed by atoms with Gasteiger partial charge in [0.2, 0.25) is 0 Å². The Hall–Kier alpha value is -1.68. The molecule has 2 heterocycles. The molecule has 19 heavy (non-hydrogen) atoms. The summed E-state index contributed by atoms with van der Waals surface area (Å²) >= 11 is 0. The molecule has 1 N–H and O–H groups in total. The fraction of sp³-hybridized carbons (Fsp3) is 0.467. The average molecular weight is 258 g/mol. The van der Waals surface area contributed by atoms with Crippen molar-refractivity contribution in [3.8, 4) is 0 Å². The van der Waals surface area contributed by atoms with Crippen molar-refractivity contribution in [2.45, 2.75) is 39.3 Å². The van der Waals surface area contributed by atoms with Crippen molar-refractivity contribution in [1.82, 2.24) is 19.9 Å². The van der Waals surface area contributed by atoms with E-state index in [1.54, 1.807) is 0 Å². The fourth-order valence-electron chi connectivity index (χ4n) is 2.35. The second-order valence-corrected chi connectivity index (χ2v) is 4.65. The largest absolute Gasteiger partial charge is 0.335 e. The summed E-state index contributed by atoms with van der Waals surface area (Å²) in [4.78, 5) is 8.53. The lowest BCUT2D eigenvalue weighted by atomic mass is 10.0. The quantitative estimate of drug-likeness (QED) is 0.826. The predicted molar refractivity (Wildman–Crippen MR) is 77.0 cm³/mol. The molecule has 4 nitrogen and oxygen atoms in total. The van der Waals surface area contributed by atoms with Gasteiger partial charge in [0.05, 0.1) is 0 Å². The van der Waals surface area contributed by atoms with Crippen LogP contribution in [0.2, 0.25) is 0 Å². The summed E-state index contributed by atoms with van der Waals surface area (Å²) in [5.74, 6) is 1.16. The van der Waals surface area contributed by atoms with Gasteiger partial charge in [0.15, 0.2) is 0 Å². The zero-order valence-corrected chi connectivity index (χ0v) is 11.7. The molecule has 2 aromatic rings. The van der Waals surface area contributed by atoms with E-state index in [4.69, 9.17) is 0 Å². The third-order valence-corrected chi connectivity index (χ3v) is 3.30. The Balaban J connectivity index is 2.04. The van der Waals surface area contributed by atoms with E-state index in [2.05, 4.69) is 45.8 Å². The molecule has 1 atom stereocenters. The Kier molecular flexibility index (Phi) is 5.10. The highest BCUT2D eigenvalue weighted by atomic mass is 15.1. The van der Waals surface area contributed by atoms with Crippen molar-refractivity contribution in [3.63, 3.8) is 0 Å². The minimum absolute atomic E-state index is 0.417. The van der Waals surface area contributed by atoms with Gasteiger partial charge in [0, 0.05) is 43.8 Å². The Bertz CT molecular complexity index is 478. The van der Waals surface area contributed by atoms with Gasteiger partial charge in [-0.3, -0.25) is 4.98 Å². The van der Waals surface area contributed by atoms with E-state index in [1.807, 2.05) is 24.8 Å². The van der Waals surface area contributed by atoms with Gasteiger partial charge in [-0.2, -0.15) is 0 Å². The second-order valence-electron chi connectivity index (χ2n) is 4.65. The number of likely N-dealkylation sites (N-methyl/N-ethyl adjacent to an activating group) is 1. The first-order valence-corrected chi connectivity index (χ1v) is 6.95. The second kappa shape index (κ2) is 7.04. The molecule has 0 amide bonds. The van der Waals surface area contributed by atoms with Crippen molar-refractivity contribution < 1.29 is 0 Å². The van der Waals surface area contributed by atoms with Gasteiger partial charge >= 0.3 is 0 Å². The number of pyridine rings is 1. The Morgan fingerprint density at radius 3 is 2.63 bits per heavy atom. The van der Waals surface area contributed by atoms with E-state index in [0.717, 1.165) is 31.8 Å². The summed E-state index contributed by atoms with van der Waals surface area (Å²) in [5.41, 5.74) is 1.32. The minimum Gasteiger partial charge on any atom is -0.335 e. The summed E-state index contributed by atoms with van der Waals surface area (Å²) in [6.07, 6.45) is 9.60. The average Bonchev–Trinajstić information content (AvgIpc) is 2.87. The number of nitrogens with one attached hydrogen (secondary N) is 1. The number of aryl methyl sites for hydroxylation is 1. The van der Waals surface area contributed by atoms with Crippen molar-refractivity contribution in [3.05, 3.63) is 48.3 Å². The fourth-order valence-corrected chi connectivity index (χ4v) is 2.35. The topological polar surface area (TPSA) is 42.7 Å². The van der Waals surface area contributed by atoms with E-state index < -0.39 is 0 Å². The van der Waals surface area contributed by atoms with E-state index in [0.29, 0.717) is 6.04 Å². The molecule has 102 valence electrons. The van der Waals surface area contributed by atoms with Crippen LogP contribution in [0.25, 0.3) is 0 Å². The summed E-state index contributed by atoms with van der Waals surface area (Å²) in [6, 6.07) is 4.58. The molecule has 2 rings (SSSR count). The van der Waals surface area contributed by atoms with E-state index >= 15 is 0 Å². The first-order chi connectivity index (χ1) is 9.33. The van der Waals surface area contributed by atoms with Crippen LogP contribution in [-0.4, -0.2) is 27.1 Å². The molecule has 4 heteroatoms. The highest BCUT2D eigenvalue weighted by Gasteiger charge is 2.12. The molecule has 0 aliphatic rings. The number of imidazole rings is 1. The molecular formula is C15H22N4. The summed E-state index contributed by atoms with van der Waals surface area (Å²) < 4.78 is 2.21. The van der Waals surface area contributed by atoms with Crippen molar-refractivity contribution in [2.75, 3.05) is 6.54 Å². The summed E-state index contributed by atoms with van der Waals surface area (Å²) in [7, 11) is 0. The van der Waals surface area contributed by atoms with Crippen molar-refractivity contribution in [2.24, 2.45) is 0 Å². The third kappa shape index (κ3) is 3.89. The number of hydrogen-bond donors (Lipinski definition) is 1. The molecule has 0 radical (unpaired) electrons.